The highest BCUT2D eigenvalue weighted by Gasteiger charge is 2.74. The van der Waals surface area contributed by atoms with Gasteiger partial charge in [0.1, 0.15) is 11.6 Å². The van der Waals surface area contributed by atoms with Crippen molar-refractivity contribution in [2.75, 3.05) is 18.5 Å². The van der Waals surface area contributed by atoms with Gasteiger partial charge >= 0.3 is 0 Å². The molecular weight excluding hydrogens is 494 g/mol. The van der Waals surface area contributed by atoms with Gasteiger partial charge in [-0.25, -0.2) is 0 Å². The molecule has 1 spiro atoms. The van der Waals surface area contributed by atoms with Gasteiger partial charge in [0.2, 0.25) is 17.7 Å². The number of aliphatic hydroxyl groups excluding tert-OH is 1. The molecule has 8 heteroatoms. The Bertz CT molecular complexity index is 1220. The average molecular weight is 534 g/mol. The Labute approximate surface area is 230 Å². The number of anilines is 1. The van der Waals surface area contributed by atoms with Gasteiger partial charge in [-0.1, -0.05) is 55.3 Å². The number of unbranched alkanes of at least 4 members (excludes halogenated alkanes) is 3. The monoisotopic (exact) mass is 533 g/mol. The fourth-order valence-electron chi connectivity index (χ4n) is 6.72. The number of likely N-dealkylation sites (tertiary alicyclic amines) is 1. The molecule has 0 saturated carbocycles. The summed E-state index contributed by atoms with van der Waals surface area (Å²) < 4.78 is 6.52. The molecule has 2 aromatic carbocycles. The first kappa shape index (κ1) is 27.3. The quantitative estimate of drug-likeness (QED) is 0.384. The van der Waals surface area contributed by atoms with Gasteiger partial charge in [0.15, 0.2) is 0 Å². The normalized spacial score (nSPS) is 27.1. The Kier molecular flexibility index (Phi) is 8.05. The number of hydrogen-bond acceptors (Lipinski definition) is 5. The van der Waals surface area contributed by atoms with E-state index in [1.54, 1.807) is 4.90 Å². The lowest BCUT2D eigenvalue weighted by Crippen LogP contribution is -2.53. The smallest absolute Gasteiger partial charge is 0.250 e. The van der Waals surface area contributed by atoms with Crippen LogP contribution in [0, 0.1) is 25.7 Å². The number of nitrogens with zero attached hydrogens (tertiary/aromatic N) is 1. The van der Waals surface area contributed by atoms with Crippen molar-refractivity contribution in [3.63, 3.8) is 0 Å². The summed E-state index contributed by atoms with van der Waals surface area (Å²) in [5, 5.41) is 15.2. The number of aliphatic hydroxyl groups is 1. The number of nitrogens with one attached hydrogen (secondary N) is 2. The van der Waals surface area contributed by atoms with Crippen molar-refractivity contribution in [3.05, 3.63) is 65.2 Å². The molecule has 2 bridgehead atoms. The van der Waals surface area contributed by atoms with Crippen LogP contribution in [-0.2, 0) is 25.7 Å². The molecule has 39 heavy (non-hydrogen) atoms. The van der Waals surface area contributed by atoms with E-state index >= 15 is 0 Å². The van der Waals surface area contributed by atoms with Gasteiger partial charge in [-0.2, -0.15) is 0 Å². The summed E-state index contributed by atoms with van der Waals surface area (Å²) in [6, 6.07) is 14.8. The number of carbonyl (C=O) groups is 3. The van der Waals surface area contributed by atoms with Crippen LogP contribution in [0.3, 0.4) is 0 Å². The van der Waals surface area contributed by atoms with E-state index < -0.39 is 23.5 Å². The molecule has 8 nitrogen and oxygen atoms in total. The van der Waals surface area contributed by atoms with Gasteiger partial charge in [-0.05, 0) is 62.3 Å². The van der Waals surface area contributed by atoms with Crippen LogP contribution < -0.4 is 10.6 Å². The van der Waals surface area contributed by atoms with E-state index in [1.807, 2.05) is 62.4 Å². The minimum Gasteiger partial charge on any atom is -0.396 e. The third-order valence-electron chi connectivity index (χ3n) is 8.62. The molecule has 3 heterocycles. The average Bonchev–Trinajstić information content (AvgIpc) is 3.57. The van der Waals surface area contributed by atoms with E-state index in [9.17, 15) is 14.4 Å². The topological polar surface area (TPSA) is 108 Å². The highest BCUT2D eigenvalue weighted by molar-refractivity contribution is 6.03. The molecule has 0 aliphatic carbocycles. The second kappa shape index (κ2) is 11.5. The predicted octanol–water partition coefficient (Wildman–Crippen LogP) is 3.49. The summed E-state index contributed by atoms with van der Waals surface area (Å²) in [5.41, 5.74) is 2.67. The van der Waals surface area contributed by atoms with Crippen molar-refractivity contribution in [1.82, 2.24) is 10.2 Å². The van der Waals surface area contributed by atoms with E-state index in [-0.39, 0.29) is 30.4 Å². The first-order chi connectivity index (χ1) is 18.9. The van der Waals surface area contributed by atoms with Gasteiger partial charge in [0, 0.05) is 25.4 Å². The SMILES string of the molecule is Cc1ccc(C)c(NC(=O)C2N(CCCCCCO)C(=O)[C@@H]3[C@H](C(=O)NCc4ccccc4)[C@@H]4CCC23O4)c1. The third kappa shape index (κ3) is 5.20. The molecule has 3 N–H and O–H groups in total. The van der Waals surface area contributed by atoms with Crippen LogP contribution in [0.2, 0.25) is 0 Å². The van der Waals surface area contributed by atoms with Crippen LogP contribution in [0.1, 0.15) is 55.2 Å². The lowest BCUT2D eigenvalue weighted by Gasteiger charge is -2.33. The molecule has 208 valence electrons. The zero-order chi connectivity index (χ0) is 27.6. The lowest BCUT2D eigenvalue weighted by atomic mass is 9.70. The number of rotatable bonds is 11. The highest BCUT2D eigenvalue weighted by atomic mass is 16.5. The first-order valence-corrected chi connectivity index (χ1v) is 14.1. The number of fused-ring (bicyclic) bond motifs is 1. The van der Waals surface area contributed by atoms with Crippen LogP contribution in [-0.4, -0.2) is 58.6 Å². The van der Waals surface area contributed by atoms with Crippen LogP contribution in [0.15, 0.2) is 48.5 Å². The van der Waals surface area contributed by atoms with Crippen LogP contribution in [0.5, 0.6) is 0 Å². The molecule has 5 rings (SSSR count). The van der Waals surface area contributed by atoms with E-state index in [1.165, 1.54) is 0 Å². The summed E-state index contributed by atoms with van der Waals surface area (Å²) in [5.74, 6) is -1.92. The van der Waals surface area contributed by atoms with Gasteiger partial charge < -0.3 is 25.4 Å². The molecular formula is C31H39N3O5. The molecule has 3 amide bonds. The zero-order valence-electron chi connectivity index (χ0n) is 22.8. The molecule has 3 saturated heterocycles. The minimum absolute atomic E-state index is 0.143. The molecule has 3 aliphatic heterocycles. The summed E-state index contributed by atoms with van der Waals surface area (Å²) in [6.07, 6.45) is 3.97. The number of hydrogen-bond donors (Lipinski definition) is 3. The molecule has 2 unspecified atom stereocenters. The number of ether oxygens (including phenoxy) is 1. The van der Waals surface area contributed by atoms with Gasteiger partial charge in [0.25, 0.3) is 0 Å². The highest BCUT2D eigenvalue weighted by Crippen LogP contribution is 2.58. The summed E-state index contributed by atoms with van der Waals surface area (Å²) in [7, 11) is 0. The van der Waals surface area contributed by atoms with Crippen LogP contribution >= 0.6 is 0 Å². The predicted molar refractivity (Wildman–Crippen MR) is 148 cm³/mol. The van der Waals surface area contributed by atoms with E-state index in [0.717, 1.165) is 41.6 Å². The Morgan fingerprint density at radius 2 is 1.82 bits per heavy atom. The largest absolute Gasteiger partial charge is 0.396 e. The van der Waals surface area contributed by atoms with Crippen LogP contribution in [0.25, 0.3) is 0 Å². The van der Waals surface area contributed by atoms with Crippen molar-refractivity contribution in [2.24, 2.45) is 11.8 Å². The Morgan fingerprint density at radius 3 is 2.59 bits per heavy atom. The minimum atomic E-state index is -1.01. The Balaban J connectivity index is 1.40. The van der Waals surface area contributed by atoms with Crippen molar-refractivity contribution < 1.29 is 24.2 Å². The molecule has 3 aliphatic rings. The maximum atomic E-state index is 14.0. The summed E-state index contributed by atoms with van der Waals surface area (Å²) in [6.45, 7) is 4.85. The summed E-state index contributed by atoms with van der Waals surface area (Å²) in [4.78, 5) is 43.1. The maximum Gasteiger partial charge on any atom is 0.250 e. The zero-order valence-corrected chi connectivity index (χ0v) is 22.8. The van der Waals surface area contributed by atoms with Crippen molar-refractivity contribution in [3.8, 4) is 0 Å². The molecule has 0 radical (unpaired) electrons. The van der Waals surface area contributed by atoms with Gasteiger partial charge in [0.05, 0.1) is 17.9 Å². The van der Waals surface area contributed by atoms with E-state index in [4.69, 9.17) is 9.84 Å². The third-order valence-corrected chi connectivity index (χ3v) is 8.62. The van der Waals surface area contributed by atoms with E-state index in [0.29, 0.717) is 32.4 Å². The number of benzene rings is 2. The number of aryl methyl sites for hydroxylation is 2. The summed E-state index contributed by atoms with van der Waals surface area (Å²) >= 11 is 0. The number of amides is 3. The second-order valence-corrected chi connectivity index (χ2v) is 11.2. The lowest BCUT2D eigenvalue weighted by molar-refractivity contribution is -0.141. The van der Waals surface area contributed by atoms with Crippen molar-refractivity contribution in [2.45, 2.75) is 76.7 Å². The van der Waals surface area contributed by atoms with Crippen molar-refractivity contribution >= 4 is 23.4 Å². The second-order valence-electron chi connectivity index (χ2n) is 11.2. The molecule has 2 aromatic rings. The first-order valence-electron chi connectivity index (χ1n) is 14.1. The van der Waals surface area contributed by atoms with Crippen molar-refractivity contribution in [1.29, 1.82) is 0 Å². The van der Waals surface area contributed by atoms with Gasteiger partial charge in [-0.15, -0.1) is 0 Å². The fraction of sp³-hybridized carbons (Fsp3) is 0.516. The maximum absolute atomic E-state index is 14.0. The number of carbonyl (C=O) groups excluding carboxylic acids is 3. The van der Waals surface area contributed by atoms with Crippen LogP contribution in [0.4, 0.5) is 5.69 Å². The fourth-order valence-corrected chi connectivity index (χ4v) is 6.72. The Morgan fingerprint density at radius 1 is 1.05 bits per heavy atom. The molecule has 3 fully saturated rings. The van der Waals surface area contributed by atoms with Gasteiger partial charge in [-0.3, -0.25) is 14.4 Å². The molecule has 5 atom stereocenters. The Hall–Kier alpha value is -3.23. The molecule has 0 aromatic heterocycles. The standard InChI is InChI=1S/C31H39N3O5/c1-20-12-13-21(2)23(18-20)33-29(37)27-31-15-14-24(39-31)25(28(36)32-19-22-10-6-5-7-11-22)26(31)30(38)34(27)16-8-3-4-9-17-35/h5-7,10-13,18,24-27,35H,3-4,8-9,14-17,19H2,1-2H3,(H,32,36)(H,33,37)/t24-,25+,26-,27?,31?/m0/s1. The van der Waals surface area contributed by atoms with E-state index in [2.05, 4.69) is 10.6 Å².